The average molecular weight is 886 g/mol. The zero-order valence-corrected chi connectivity index (χ0v) is 36.7. The number of hydrogen-bond donors (Lipinski definition) is 3. The molecule has 2 aliphatic carbocycles. The lowest BCUT2D eigenvalue weighted by molar-refractivity contribution is -0.120. The Morgan fingerprint density at radius 1 is 0.906 bits per heavy atom. The number of fused-ring (bicyclic) bond motifs is 3. The van der Waals surface area contributed by atoms with Crippen molar-refractivity contribution in [3.63, 3.8) is 0 Å². The van der Waals surface area contributed by atoms with E-state index in [4.69, 9.17) is 25.5 Å². The second kappa shape index (κ2) is 20.0. The number of aromatic hydroxyl groups is 1. The number of nitrogens with zero attached hydrogens (tertiary/aromatic N) is 3. The maximum atomic E-state index is 13.4. The number of halogens is 1. The molecule has 2 unspecified atom stereocenters. The van der Waals surface area contributed by atoms with Gasteiger partial charge in [0.15, 0.2) is 18.4 Å². The number of benzene rings is 4. The summed E-state index contributed by atoms with van der Waals surface area (Å²) in [6.07, 6.45) is 8.85. The van der Waals surface area contributed by atoms with Crippen molar-refractivity contribution >= 4 is 40.7 Å². The van der Waals surface area contributed by atoms with Gasteiger partial charge in [-0.3, -0.25) is 19.2 Å². The van der Waals surface area contributed by atoms with Gasteiger partial charge in [0.05, 0.1) is 19.6 Å². The number of phenols is 1. The van der Waals surface area contributed by atoms with Crippen LogP contribution in [0.15, 0.2) is 123 Å². The number of methoxy groups -OCH3 is 1. The van der Waals surface area contributed by atoms with Gasteiger partial charge in [0.25, 0.3) is 5.91 Å². The molecule has 1 fully saturated rings. The fraction of sp³-hybridized carbons (Fsp3) is 0.320. The van der Waals surface area contributed by atoms with Crippen LogP contribution < -0.4 is 20.8 Å². The third-order valence-electron chi connectivity index (χ3n) is 12.4. The molecule has 8 rings (SSSR count). The highest BCUT2D eigenvalue weighted by Gasteiger charge is 2.39. The molecule has 0 bridgehead atoms. The van der Waals surface area contributed by atoms with Crippen LogP contribution in [0.2, 0.25) is 5.02 Å². The van der Waals surface area contributed by atoms with Gasteiger partial charge in [-0.15, -0.1) is 0 Å². The van der Waals surface area contributed by atoms with Crippen molar-refractivity contribution in [2.75, 3.05) is 66.2 Å². The van der Waals surface area contributed by atoms with Crippen molar-refractivity contribution in [2.24, 2.45) is 5.92 Å². The predicted molar refractivity (Wildman–Crippen MR) is 247 cm³/mol. The van der Waals surface area contributed by atoms with Crippen molar-refractivity contribution in [1.29, 1.82) is 0 Å². The maximum Gasteiger partial charge on any atom is 0.251 e. The van der Waals surface area contributed by atoms with E-state index in [0.29, 0.717) is 75.8 Å². The highest BCUT2D eigenvalue weighted by Crippen LogP contribution is 2.43. The fourth-order valence-electron chi connectivity index (χ4n) is 8.91. The molecule has 3 aromatic rings. The first-order valence-corrected chi connectivity index (χ1v) is 22.0. The van der Waals surface area contributed by atoms with E-state index < -0.39 is 0 Å². The van der Waals surface area contributed by atoms with Gasteiger partial charge in [-0.1, -0.05) is 23.7 Å². The highest BCUT2D eigenvalue weighted by atomic mass is 35.5. The Balaban J connectivity index is 0.775. The van der Waals surface area contributed by atoms with Crippen molar-refractivity contribution in [2.45, 2.75) is 32.2 Å². The van der Waals surface area contributed by atoms with Crippen LogP contribution in [0.3, 0.4) is 0 Å². The van der Waals surface area contributed by atoms with Gasteiger partial charge in [-0.25, -0.2) is 0 Å². The van der Waals surface area contributed by atoms with E-state index in [9.17, 15) is 24.3 Å². The largest absolute Gasteiger partial charge is 0.508 e. The van der Waals surface area contributed by atoms with E-state index in [0.717, 1.165) is 81.2 Å². The first kappa shape index (κ1) is 44.2. The van der Waals surface area contributed by atoms with Gasteiger partial charge < -0.3 is 44.3 Å². The lowest BCUT2D eigenvalue weighted by atomic mass is 9.88. The summed E-state index contributed by atoms with van der Waals surface area (Å²) in [5, 5.41) is 17.6. The number of ether oxygens (including phenoxy) is 2. The smallest absolute Gasteiger partial charge is 0.251 e. The topological polar surface area (TPSA) is 154 Å². The average Bonchev–Trinajstić information content (AvgIpc) is 3.56. The molecule has 1 saturated heterocycles. The van der Waals surface area contributed by atoms with E-state index in [2.05, 4.69) is 44.4 Å². The molecule has 2 amide bonds. The van der Waals surface area contributed by atoms with Gasteiger partial charge in [0.1, 0.15) is 28.6 Å². The molecule has 3 aliphatic heterocycles. The summed E-state index contributed by atoms with van der Waals surface area (Å²) < 4.78 is 17.6. The van der Waals surface area contributed by atoms with Crippen LogP contribution in [-0.2, 0) is 9.53 Å². The summed E-state index contributed by atoms with van der Waals surface area (Å²) in [6.45, 7) is 8.94. The second-order valence-corrected chi connectivity index (χ2v) is 16.8. The summed E-state index contributed by atoms with van der Waals surface area (Å²) in [5.41, 5.74) is 4.73. The summed E-state index contributed by atoms with van der Waals surface area (Å²) >= 11 is 6.05. The number of hydrogen-bond acceptors (Lipinski definition) is 11. The third-order valence-corrected chi connectivity index (χ3v) is 12.6. The molecule has 0 saturated carbocycles. The summed E-state index contributed by atoms with van der Waals surface area (Å²) in [7, 11) is 1.66. The number of piperazine rings is 1. The van der Waals surface area contributed by atoms with Crippen LogP contribution in [0.1, 0.15) is 46.9 Å². The molecule has 3 aromatic carbocycles. The molecule has 13 nitrogen and oxygen atoms in total. The van der Waals surface area contributed by atoms with Crippen LogP contribution in [0.5, 0.6) is 11.5 Å². The lowest BCUT2D eigenvalue weighted by Gasteiger charge is -2.34. The molecule has 332 valence electrons. The summed E-state index contributed by atoms with van der Waals surface area (Å²) in [6, 6.07) is 21.4. The Kier molecular flexibility index (Phi) is 13.8. The van der Waals surface area contributed by atoms with Crippen molar-refractivity contribution in [1.82, 2.24) is 25.3 Å². The lowest BCUT2D eigenvalue weighted by Crippen LogP contribution is -2.47. The van der Waals surface area contributed by atoms with Crippen LogP contribution in [-0.4, -0.2) is 110 Å². The Morgan fingerprint density at radius 3 is 2.36 bits per heavy atom. The van der Waals surface area contributed by atoms with Crippen LogP contribution in [0.25, 0.3) is 33.4 Å². The van der Waals surface area contributed by atoms with Crippen LogP contribution in [0, 0.1) is 5.92 Å². The zero-order chi connectivity index (χ0) is 44.7. The standard InChI is InChI=1S/C50H52ClN5O8/c1-32-42(44-28-39(62-2)13-16-45(44)56(32)31-63-38-11-7-35(51)8-12-38)29-48(60)52-17-3-19-54-21-23-55(24-22-54)20-4-18-53-50(61)33-5-6-34(30-57)43(25-33)49-40-14-9-36(58)26-46(40)64-47-27-37(59)10-15-41(47)49/h5-16,25-28,30,44-45,58H,3-4,17-24,29,31H2,1-2H3,(H,52,60)(H,53,61). The molecule has 64 heavy (non-hydrogen) atoms. The van der Waals surface area contributed by atoms with Gasteiger partial charge in [-0.2, -0.15) is 0 Å². The van der Waals surface area contributed by atoms with Crippen LogP contribution in [0.4, 0.5) is 0 Å². The number of carbonyl (C=O) groups is 3. The summed E-state index contributed by atoms with van der Waals surface area (Å²) in [4.78, 5) is 58.2. The molecule has 0 spiro atoms. The molecule has 5 aliphatic rings. The Morgan fingerprint density at radius 2 is 1.64 bits per heavy atom. The Labute approximate surface area is 376 Å². The van der Waals surface area contributed by atoms with E-state index in [1.807, 2.05) is 18.2 Å². The minimum absolute atomic E-state index is 0.00216. The maximum absolute atomic E-state index is 13.4. The number of allylic oxidation sites excluding steroid dienone is 2. The second-order valence-electron chi connectivity index (χ2n) is 16.4. The van der Waals surface area contributed by atoms with Gasteiger partial charge in [0.2, 0.25) is 5.91 Å². The summed E-state index contributed by atoms with van der Waals surface area (Å²) in [5.74, 6) is 1.57. The number of rotatable bonds is 17. The minimum Gasteiger partial charge on any atom is -0.508 e. The Hall–Kier alpha value is -6.41. The van der Waals surface area contributed by atoms with Crippen molar-refractivity contribution in [3.05, 3.63) is 140 Å². The van der Waals surface area contributed by atoms with E-state index in [1.54, 1.807) is 49.6 Å². The van der Waals surface area contributed by atoms with Gasteiger partial charge >= 0.3 is 0 Å². The van der Waals surface area contributed by atoms with Crippen molar-refractivity contribution in [3.8, 4) is 33.9 Å². The van der Waals surface area contributed by atoms with Crippen LogP contribution >= 0.6 is 11.6 Å². The SMILES string of the molecule is COC1=CC2C(CC(=O)NCCCN3CCN(CCCNC(=O)c4ccc(C=O)c(-c5c6ccc(=O)cc-6oc6cc(O)ccc56)c4)CC3)=C(C)N(COc3ccc(Cl)cc3)C2C=C1. The van der Waals surface area contributed by atoms with E-state index >= 15 is 0 Å². The van der Waals surface area contributed by atoms with Crippen molar-refractivity contribution < 1.29 is 33.4 Å². The fourth-order valence-corrected chi connectivity index (χ4v) is 9.04. The first-order chi connectivity index (χ1) is 31.1. The molecule has 3 N–H and O–H groups in total. The third kappa shape index (κ3) is 10.0. The Bertz CT molecular complexity index is 2650. The molecule has 2 atom stereocenters. The van der Waals surface area contributed by atoms with Gasteiger partial charge in [0, 0.05) is 95.7 Å². The molecule has 0 radical (unpaired) electrons. The first-order valence-electron chi connectivity index (χ1n) is 21.7. The molecule has 0 aromatic heterocycles. The monoisotopic (exact) mass is 885 g/mol. The molecular formula is C50H52ClN5O8. The minimum atomic E-state index is -0.256. The molecule has 3 heterocycles. The van der Waals surface area contributed by atoms with E-state index in [-0.39, 0.29) is 35.0 Å². The predicted octanol–water partition coefficient (Wildman–Crippen LogP) is 7.08. The van der Waals surface area contributed by atoms with E-state index in [1.165, 1.54) is 24.3 Å². The number of nitrogens with one attached hydrogen (secondary N) is 2. The zero-order valence-electron chi connectivity index (χ0n) is 36.0. The number of amides is 2. The van der Waals surface area contributed by atoms with Gasteiger partial charge in [-0.05, 0) is 117 Å². The number of aldehydes is 1. The number of carbonyl (C=O) groups excluding carboxylic acids is 3. The highest BCUT2D eigenvalue weighted by molar-refractivity contribution is 6.30. The quantitative estimate of drug-likeness (QED) is 0.0499. The normalized spacial score (nSPS) is 17.7. The number of phenolic OH excluding ortho intramolecular Hbond substituents is 1. The molecular weight excluding hydrogens is 834 g/mol. The molecule has 14 heteroatoms.